The zero-order valence-electron chi connectivity index (χ0n) is 16.6. The fraction of sp³-hybridized carbons (Fsp3) is 0.227. The van der Waals surface area contributed by atoms with Gasteiger partial charge in [0, 0.05) is 23.4 Å². The number of hydrogen-bond donors (Lipinski definition) is 2. The van der Waals surface area contributed by atoms with Crippen molar-refractivity contribution in [3.05, 3.63) is 58.8 Å². The van der Waals surface area contributed by atoms with Gasteiger partial charge in [0.1, 0.15) is 16.9 Å². The number of carbonyl (C=O) groups is 1. The summed E-state index contributed by atoms with van der Waals surface area (Å²) in [5, 5.41) is 11.9. The van der Waals surface area contributed by atoms with Crippen LogP contribution in [0.25, 0.3) is 21.9 Å². The van der Waals surface area contributed by atoms with Crippen LogP contribution in [0.1, 0.15) is 11.6 Å². The summed E-state index contributed by atoms with van der Waals surface area (Å²) in [7, 11) is 5.59. The predicted molar refractivity (Wildman–Crippen MR) is 118 cm³/mol. The molecule has 2 aromatic heterocycles. The minimum absolute atomic E-state index is 0.103. The SMILES string of the molecule is COc1cc2c(cc1NC(=O)NCC(c1ccsc1)N(C)C)oc1ccccc12. The van der Waals surface area contributed by atoms with E-state index in [1.54, 1.807) is 24.5 Å². The summed E-state index contributed by atoms with van der Waals surface area (Å²) < 4.78 is 11.4. The molecule has 4 rings (SSSR count). The number of furan rings is 1. The number of rotatable bonds is 6. The summed E-state index contributed by atoms with van der Waals surface area (Å²) in [6, 6.07) is 13.4. The first-order valence-corrected chi connectivity index (χ1v) is 10.2. The summed E-state index contributed by atoms with van der Waals surface area (Å²) >= 11 is 1.65. The van der Waals surface area contributed by atoms with Crippen molar-refractivity contribution in [3.8, 4) is 5.75 Å². The molecule has 1 atom stereocenters. The number of nitrogens with one attached hydrogen (secondary N) is 2. The van der Waals surface area contributed by atoms with Crippen molar-refractivity contribution in [3.63, 3.8) is 0 Å². The van der Waals surface area contributed by atoms with Gasteiger partial charge in [-0.25, -0.2) is 4.79 Å². The Morgan fingerprint density at radius 2 is 2.00 bits per heavy atom. The van der Waals surface area contributed by atoms with Gasteiger partial charge < -0.3 is 24.7 Å². The molecule has 0 aliphatic rings. The number of carbonyl (C=O) groups excluding carboxylic acids is 1. The molecule has 29 heavy (non-hydrogen) atoms. The molecule has 0 aliphatic heterocycles. The average molecular weight is 410 g/mol. The van der Waals surface area contributed by atoms with Gasteiger partial charge in [0.25, 0.3) is 0 Å². The van der Waals surface area contributed by atoms with E-state index in [1.807, 2.05) is 49.8 Å². The Balaban J connectivity index is 1.53. The maximum atomic E-state index is 12.6. The summed E-state index contributed by atoms with van der Waals surface area (Å²) in [6.07, 6.45) is 0. The zero-order chi connectivity index (χ0) is 20.4. The molecule has 0 radical (unpaired) electrons. The number of thiophene rings is 1. The van der Waals surface area contributed by atoms with Gasteiger partial charge >= 0.3 is 6.03 Å². The topological polar surface area (TPSA) is 66.7 Å². The van der Waals surface area contributed by atoms with E-state index < -0.39 is 0 Å². The molecule has 2 aromatic carbocycles. The van der Waals surface area contributed by atoms with Gasteiger partial charge in [-0.05, 0) is 48.6 Å². The number of methoxy groups -OCH3 is 1. The first kappa shape index (κ1) is 19.3. The van der Waals surface area contributed by atoms with Gasteiger partial charge in [0.2, 0.25) is 0 Å². The molecule has 0 saturated heterocycles. The van der Waals surface area contributed by atoms with Crippen LogP contribution in [0.2, 0.25) is 0 Å². The van der Waals surface area contributed by atoms with E-state index >= 15 is 0 Å². The number of urea groups is 1. The molecular weight excluding hydrogens is 386 g/mol. The average Bonchev–Trinajstić information content (AvgIpc) is 3.35. The van der Waals surface area contributed by atoms with Crippen LogP contribution < -0.4 is 15.4 Å². The van der Waals surface area contributed by atoms with Crippen molar-refractivity contribution in [2.75, 3.05) is 33.1 Å². The van der Waals surface area contributed by atoms with E-state index in [9.17, 15) is 4.79 Å². The summed E-state index contributed by atoms with van der Waals surface area (Å²) in [4.78, 5) is 14.6. The number of amides is 2. The van der Waals surface area contributed by atoms with Crippen LogP contribution in [0.15, 0.2) is 57.6 Å². The number of benzene rings is 2. The quantitative estimate of drug-likeness (QED) is 0.466. The van der Waals surface area contributed by atoms with Crippen LogP contribution in [0, 0.1) is 0 Å². The zero-order valence-corrected chi connectivity index (χ0v) is 17.4. The third kappa shape index (κ3) is 3.92. The summed E-state index contributed by atoms with van der Waals surface area (Å²) in [6.45, 7) is 0.491. The summed E-state index contributed by atoms with van der Waals surface area (Å²) in [5.41, 5.74) is 3.25. The van der Waals surface area contributed by atoms with Crippen molar-refractivity contribution >= 4 is 45.0 Å². The molecule has 4 aromatic rings. The van der Waals surface area contributed by atoms with Crippen LogP contribution in [0.5, 0.6) is 5.75 Å². The second-order valence-corrected chi connectivity index (χ2v) is 7.80. The lowest BCUT2D eigenvalue weighted by molar-refractivity contribution is 0.243. The smallest absolute Gasteiger partial charge is 0.319 e. The van der Waals surface area contributed by atoms with Crippen LogP contribution >= 0.6 is 11.3 Å². The monoisotopic (exact) mass is 409 g/mol. The number of para-hydroxylation sites is 1. The van der Waals surface area contributed by atoms with Crippen LogP contribution in [0.4, 0.5) is 10.5 Å². The Labute approximate surface area is 173 Å². The van der Waals surface area contributed by atoms with E-state index in [0.717, 1.165) is 16.4 Å². The number of hydrogen-bond acceptors (Lipinski definition) is 5. The molecule has 0 fully saturated rings. The highest BCUT2D eigenvalue weighted by atomic mass is 32.1. The van der Waals surface area contributed by atoms with E-state index in [1.165, 1.54) is 5.56 Å². The van der Waals surface area contributed by atoms with Gasteiger partial charge in [-0.3, -0.25) is 0 Å². The lowest BCUT2D eigenvalue weighted by Crippen LogP contribution is -2.36. The fourth-order valence-electron chi connectivity index (χ4n) is 3.44. The third-order valence-electron chi connectivity index (χ3n) is 4.95. The maximum Gasteiger partial charge on any atom is 0.319 e. The highest BCUT2D eigenvalue weighted by molar-refractivity contribution is 7.08. The highest BCUT2D eigenvalue weighted by Crippen LogP contribution is 2.36. The van der Waals surface area contributed by atoms with Crippen LogP contribution in [-0.4, -0.2) is 38.7 Å². The van der Waals surface area contributed by atoms with Crippen LogP contribution in [-0.2, 0) is 0 Å². The molecule has 0 saturated carbocycles. The molecular formula is C22H23N3O3S. The number of ether oxygens (including phenoxy) is 1. The van der Waals surface area contributed by atoms with Gasteiger partial charge in [-0.2, -0.15) is 11.3 Å². The van der Waals surface area contributed by atoms with Gasteiger partial charge in [0.05, 0.1) is 18.8 Å². The minimum Gasteiger partial charge on any atom is -0.495 e. The predicted octanol–water partition coefficient (Wildman–Crippen LogP) is 5.08. The Morgan fingerprint density at radius 1 is 1.17 bits per heavy atom. The molecule has 6 nitrogen and oxygen atoms in total. The Bertz CT molecular complexity index is 1140. The lowest BCUT2D eigenvalue weighted by atomic mass is 10.1. The molecule has 2 amide bonds. The first-order chi connectivity index (χ1) is 14.1. The van der Waals surface area contributed by atoms with E-state index in [-0.39, 0.29) is 12.1 Å². The van der Waals surface area contributed by atoms with Crippen molar-refractivity contribution in [1.29, 1.82) is 0 Å². The Hall–Kier alpha value is -3.03. The Morgan fingerprint density at radius 3 is 2.72 bits per heavy atom. The highest BCUT2D eigenvalue weighted by Gasteiger charge is 2.17. The van der Waals surface area contributed by atoms with Gasteiger partial charge in [0.15, 0.2) is 0 Å². The fourth-order valence-corrected chi connectivity index (χ4v) is 4.14. The normalized spacial score (nSPS) is 12.4. The molecule has 150 valence electrons. The first-order valence-electron chi connectivity index (χ1n) is 9.29. The van der Waals surface area contributed by atoms with E-state index in [0.29, 0.717) is 23.6 Å². The molecule has 0 spiro atoms. The third-order valence-corrected chi connectivity index (χ3v) is 5.66. The number of anilines is 1. The molecule has 1 unspecified atom stereocenters. The lowest BCUT2D eigenvalue weighted by Gasteiger charge is -2.24. The molecule has 7 heteroatoms. The maximum absolute atomic E-state index is 12.6. The minimum atomic E-state index is -0.291. The summed E-state index contributed by atoms with van der Waals surface area (Å²) in [5.74, 6) is 0.584. The number of fused-ring (bicyclic) bond motifs is 3. The van der Waals surface area contributed by atoms with Crippen molar-refractivity contribution in [1.82, 2.24) is 10.2 Å². The molecule has 2 heterocycles. The number of nitrogens with zero attached hydrogens (tertiary/aromatic N) is 1. The Kier molecular flexibility index (Phi) is 5.42. The van der Waals surface area contributed by atoms with Crippen LogP contribution in [0.3, 0.4) is 0 Å². The van der Waals surface area contributed by atoms with E-state index in [4.69, 9.17) is 9.15 Å². The molecule has 0 bridgehead atoms. The standard InChI is InChI=1S/C22H23N3O3S/c1-25(2)18(14-8-9-29-13-14)12-23-22(26)24-17-11-20-16(10-21(17)27-3)15-6-4-5-7-19(15)28-20/h4-11,13,18H,12H2,1-3H3,(H2,23,24,26). The van der Waals surface area contributed by atoms with Gasteiger partial charge in [-0.1, -0.05) is 18.2 Å². The van der Waals surface area contributed by atoms with Crippen molar-refractivity contribution < 1.29 is 13.9 Å². The van der Waals surface area contributed by atoms with E-state index in [2.05, 4.69) is 27.0 Å². The van der Waals surface area contributed by atoms with Crippen molar-refractivity contribution in [2.24, 2.45) is 0 Å². The van der Waals surface area contributed by atoms with Gasteiger partial charge in [-0.15, -0.1) is 0 Å². The molecule has 0 aliphatic carbocycles. The number of likely N-dealkylation sites (N-methyl/N-ethyl adjacent to an activating group) is 1. The second-order valence-electron chi connectivity index (χ2n) is 7.02. The molecule has 2 N–H and O–H groups in total. The van der Waals surface area contributed by atoms with Crippen molar-refractivity contribution in [2.45, 2.75) is 6.04 Å². The largest absolute Gasteiger partial charge is 0.495 e. The second kappa shape index (κ2) is 8.14.